The van der Waals surface area contributed by atoms with Crippen molar-refractivity contribution in [3.05, 3.63) is 21.3 Å². The molecule has 140 valence electrons. The third kappa shape index (κ3) is 9.40. The van der Waals surface area contributed by atoms with Crippen molar-refractivity contribution in [3.63, 3.8) is 0 Å². The van der Waals surface area contributed by atoms with Gasteiger partial charge in [0, 0.05) is 24.0 Å². The number of aliphatic imine (C=N–C) groups is 1. The Morgan fingerprint density at radius 1 is 1.42 bits per heavy atom. The van der Waals surface area contributed by atoms with Crippen LogP contribution in [-0.4, -0.2) is 51.2 Å². The highest BCUT2D eigenvalue weighted by Gasteiger charge is 2.22. The van der Waals surface area contributed by atoms with Gasteiger partial charge in [-0.2, -0.15) is 0 Å². The second kappa shape index (κ2) is 10.1. The molecular formula is C14H26ClIN4O2S2. The van der Waals surface area contributed by atoms with E-state index >= 15 is 0 Å². The zero-order valence-electron chi connectivity index (χ0n) is 14.6. The Kier molecular flexibility index (Phi) is 10.1. The molecule has 24 heavy (non-hydrogen) atoms. The largest absolute Gasteiger partial charge is 0.357 e. The van der Waals surface area contributed by atoms with Gasteiger partial charge < -0.3 is 10.2 Å². The van der Waals surface area contributed by atoms with Gasteiger partial charge in [0.2, 0.25) is 10.0 Å². The minimum Gasteiger partial charge on any atom is -0.357 e. The van der Waals surface area contributed by atoms with Crippen molar-refractivity contribution in [1.82, 2.24) is 14.9 Å². The number of rotatable bonds is 7. The maximum absolute atomic E-state index is 11.4. The smallest absolute Gasteiger partial charge is 0.209 e. The molecule has 0 aliphatic carbocycles. The van der Waals surface area contributed by atoms with E-state index in [9.17, 15) is 8.42 Å². The fourth-order valence-electron chi connectivity index (χ4n) is 2.02. The van der Waals surface area contributed by atoms with Crippen LogP contribution in [0, 0.1) is 0 Å². The van der Waals surface area contributed by atoms with E-state index in [1.807, 2.05) is 31.0 Å². The molecule has 0 saturated heterocycles. The lowest BCUT2D eigenvalue weighted by Gasteiger charge is -2.26. The first kappa shape index (κ1) is 23.9. The number of guanidine groups is 1. The van der Waals surface area contributed by atoms with Gasteiger partial charge in [-0.1, -0.05) is 11.6 Å². The van der Waals surface area contributed by atoms with E-state index in [1.54, 1.807) is 13.8 Å². The topological polar surface area (TPSA) is 73.8 Å². The molecule has 6 nitrogen and oxygen atoms in total. The van der Waals surface area contributed by atoms with Gasteiger partial charge in [-0.05, 0) is 32.9 Å². The number of halogens is 2. The van der Waals surface area contributed by atoms with Crippen molar-refractivity contribution < 1.29 is 8.42 Å². The van der Waals surface area contributed by atoms with Crippen molar-refractivity contribution >= 4 is 62.9 Å². The van der Waals surface area contributed by atoms with E-state index in [1.165, 1.54) is 11.3 Å². The summed E-state index contributed by atoms with van der Waals surface area (Å²) < 4.78 is 26.1. The van der Waals surface area contributed by atoms with Gasteiger partial charge in [0.25, 0.3) is 0 Å². The van der Waals surface area contributed by atoms with Gasteiger partial charge in [0.05, 0.1) is 23.7 Å². The highest BCUT2D eigenvalue weighted by atomic mass is 127. The lowest BCUT2D eigenvalue weighted by Crippen LogP contribution is -2.46. The van der Waals surface area contributed by atoms with Gasteiger partial charge in [-0.15, -0.1) is 35.3 Å². The molecule has 0 bridgehead atoms. The van der Waals surface area contributed by atoms with Gasteiger partial charge in [0.1, 0.15) is 0 Å². The summed E-state index contributed by atoms with van der Waals surface area (Å²) in [6.07, 6.45) is 1.15. The molecule has 1 aromatic rings. The summed E-state index contributed by atoms with van der Waals surface area (Å²) >= 11 is 7.49. The van der Waals surface area contributed by atoms with Crippen molar-refractivity contribution in [1.29, 1.82) is 0 Å². The Morgan fingerprint density at radius 3 is 2.50 bits per heavy atom. The van der Waals surface area contributed by atoms with E-state index in [0.717, 1.165) is 28.0 Å². The number of hydrogen-bond donors (Lipinski definition) is 2. The van der Waals surface area contributed by atoms with E-state index in [2.05, 4.69) is 15.0 Å². The molecule has 0 fully saturated rings. The summed E-state index contributed by atoms with van der Waals surface area (Å²) in [6.45, 7) is 7.35. The molecule has 0 unspecified atom stereocenters. The molecule has 0 aromatic carbocycles. The maximum Gasteiger partial charge on any atom is 0.209 e. The van der Waals surface area contributed by atoms with Crippen LogP contribution in [-0.2, 0) is 16.6 Å². The molecule has 0 atom stereocenters. The Morgan fingerprint density at radius 2 is 2.04 bits per heavy atom. The lowest BCUT2D eigenvalue weighted by atomic mass is 10.1. The quantitative estimate of drug-likeness (QED) is 0.337. The highest BCUT2D eigenvalue weighted by Crippen LogP contribution is 2.22. The fourth-order valence-corrected chi connectivity index (χ4v) is 4.23. The third-order valence-corrected chi connectivity index (χ3v) is 4.94. The van der Waals surface area contributed by atoms with Crippen LogP contribution in [0.5, 0.6) is 0 Å². The van der Waals surface area contributed by atoms with E-state index in [4.69, 9.17) is 11.6 Å². The Balaban J connectivity index is 0.00000529. The first-order valence-electron chi connectivity index (χ1n) is 7.25. The molecule has 0 amide bonds. The van der Waals surface area contributed by atoms with Crippen LogP contribution in [0.15, 0.2) is 17.1 Å². The number of hydrogen-bond acceptors (Lipinski definition) is 4. The van der Waals surface area contributed by atoms with Crippen molar-refractivity contribution in [2.75, 3.05) is 26.4 Å². The minimum atomic E-state index is -3.27. The molecule has 0 spiro atoms. The number of nitrogens with zero attached hydrogens (tertiary/aromatic N) is 2. The maximum atomic E-state index is 11.4. The molecule has 1 heterocycles. The zero-order chi connectivity index (χ0) is 17.7. The molecular weight excluding hydrogens is 483 g/mol. The molecule has 0 saturated carbocycles. The molecule has 2 N–H and O–H groups in total. The predicted molar refractivity (Wildman–Crippen MR) is 114 cm³/mol. The van der Waals surface area contributed by atoms with Crippen molar-refractivity contribution in [2.45, 2.75) is 32.9 Å². The Bertz CT molecular complexity index is 647. The summed E-state index contributed by atoms with van der Waals surface area (Å²) in [5, 5.41) is 3.22. The zero-order valence-corrected chi connectivity index (χ0v) is 19.3. The van der Waals surface area contributed by atoms with Gasteiger partial charge in [-0.3, -0.25) is 4.99 Å². The van der Waals surface area contributed by atoms with E-state index in [0.29, 0.717) is 13.1 Å². The highest BCUT2D eigenvalue weighted by molar-refractivity contribution is 14.0. The average Bonchev–Trinajstić information content (AvgIpc) is 2.76. The Hall–Kier alpha value is -0.1000. The molecule has 0 radical (unpaired) electrons. The van der Waals surface area contributed by atoms with Crippen LogP contribution in [0.1, 0.15) is 25.6 Å². The SMILES string of the molecule is CCNC(=NCC(C)(C)NS(C)(=O)=O)N(C)Cc1ccc(Cl)s1.I. The first-order chi connectivity index (χ1) is 10.5. The predicted octanol–water partition coefficient (Wildman–Crippen LogP) is 2.74. The molecule has 10 heteroatoms. The number of thiophene rings is 1. The van der Waals surface area contributed by atoms with Gasteiger partial charge in [0.15, 0.2) is 5.96 Å². The normalized spacial score (nSPS) is 12.7. The summed E-state index contributed by atoms with van der Waals surface area (Å²) in [4.78, 5) is 7.67. The summed E-state index contributed by atoms with van der Waals surface area (Å²) in [5.41, 5.74) is -0.651. The van der Waals surface area contributed by atoms with E-state index in [-0.39, 0.29) is 24.0 Å². The van der Waals surface area contributed by atoms with Crippen molar-refractivity contribution in [3.8, 4) is 0 Å². The minimum absolute atomic E-state index is 0. The molecule has 1 aromatic heterocycles. The van der Waals surface area contributed by atoms with Crippen LogP contribution in [0.2, 0.25) is 4.34 Å². The second-order valence-corrected chi connectivity index (χ2v) is 9.54. The number of nitrogens with one attached hydrogen (secondary N) is 2. The Labute approximate surface area is 171 Å². The van der Waals surface area contributed by atoms with Crippen LogP contribution in [0.4, 0.5) is 0 Å². The molecule has 0 aliphatic heterocycles. The molecule has 1 rings (SSSR count). The monoisotopic (exact) mass is 508 g/mol. The summed E-state index contributed by atoms with van der Waals surface area (Å²) in [6, 6.07) is 3.86. The third-order valence-electron chi connectivity index (χ3n) is 2.80. The van der Waals surface area contributed by atoms with Crippen LogP contribution < -0.4 is 10.0 Å². The average molecular weight is 509 g/mol. The lowest BCUT2D eigenvalue weighted by molar-refractivity contribution is 0.448. The summed E-state index contributed by atoms with van der Waals surface area (Å²) in [5.74, 6) is 0.723. The van der Waals surface area contributed by atoms with Crippen LogP contribution >= 0.6 is 46.9 Å². The van der Waals surface area contributed by atoms with Crippen molar-refractivity contribution in [2.24, 2.45) is 4.99 Å². The second-order valence-electron chi connectivity index (χ2n) is 5.99. The fraction of sp³-hybridized carbons (Fsp3) is 0.643. The molecule has 0 aliphatic rings. The first-order valence-corrected chi connectivity index (χ1v) is 10.3. The van der Waals surface area contributed by atoms with Gasteiger partial charge in [-0.25, -0.2) is 13.1 Å². The van der Waals surface area contributed by atoms with Gasteiger partial charge >= 0.3 is 0 Å². The van der Waals surface area contributed by atoms with E-state index < -0.39 is 15.6 Å². The summed E-state index contributed by atoms with van der Waals surface area (Å²) in [7, 11) is -1.34. The standard InChI is InChI=1S/C14H25ClN4O2S2.HI/c1-6-16-13(17-10-14(2,3)18-23(5,20)21)19(4)9-11-7-8-12(15)22-11;/h7-8,18H,6,9-10H2,1-5H3,(H,16,17);1H. The number of sulfonamides is 1. The van der Waals surface area contributed by atoms with Crippen LogP contribution in [0.3, 0.4) is 0 Å². The van der Waals surface area contributed by atoms with Crippen LogP contribution in [0.25, 0.3) is 0 Å².